The van der Waals surface area contributed by atoms with Gasteiger partial charge in [-0.15, -0.1) is 0 Å². The Morgan fingerprint density at radius 3 is 0.981 bits per heavy atom. The van der Waals surface area contributed by atoms with Gasteiger partial charge in [0, 0.05) is 26.2 Å². The second-order valence-corrected chi connectivity index (χ2v) is 12.6. The van der Waals surface area contributed by atoms with Crippen molar-refractivity contribution in [3.8, 4) is 0 Å². The molecule has 2 atom stereocenters. The van der Waals surface area contributed by atoms with E-state index in [1.165, 1.54) is 9.80 Å². The summed E-state index contributed by atoms with van der Waals surface area (Å²) in [5, 5.41) is 0. The summed E-state index contributed by atoms with van der Waals surface area (Å²) < 4.78 is 11.9. The van der Waals surface area contributed by atoms with Crippen LogP contribution in [0.2, 0.25) is 0 Å². The van der Waals surface area contributed by atoms with E-state index in [0.29, 0.717) is 11.1 Å². The monoisotopic (exact) mass is 700 g/mol. The maximum absolute atomic E-state index is 14.3. The molecule has 4 aromatic carbocycles. The minimum atomic E-state index is -1.20. The van der Waals surface area contributed by atoms with E-state index in [1.807, 2.05) is 0 Å². The fourth-order valence-corrected chi connectivity index (χ4v) is 6.87. The second-order valence-electron chi connectivity index (χ2n) is 12.6. The largest absolute Gasteiger partial charge is 0.378 e. The number of amides is 6. The molecule has 3 heterocycles. The van der Waals surface area contributed by atoms with Gasteiger partial charge in [0.1, 0.15) is 12.1 Å². The van der Waals surface area contributed by atoms with Gasteiger partial charge in [0.05, 0.1) is 48.7 Å². The second kappa shape index (κ2) is 15.1. The molecule has 0 saturated carbocycles. The Morgan fingerprint density at radius 2 is 0.692 bits per heavy atom. The van der Waals surface area contributed by atoms with Crippen LogP contribution in [0.4, 0.5) is 0 Å². The molecular weight excluding hydrogens is 664 g/mol. The highest BCUT2D eigenvalue weighted by Crippen LogP contribution is 2.34. The molecule has 4 aromatic rings. The van der Waals surface area contributed by atoms with Gasteiger partial charge in [-0.3, -0.25) is 38.6 Å². The van der Waals surface area contributed by atoms with Crippen LogP contribution in [0.1, 0.15) is 64.6 Å². The molecule has 0 aromatic heterocycles. The van der Waals surface area contributed by atoms with Crippen molar-refractivity contribution in [3.05, 3.63) is 143 Å². The number of ether oxygens (including phenoxy) is 2. The molecular formula is C40H36N4O8. The van der Waals surface area contributed by atoms with Gasteiger partial charge >= 0.3 is 0 Å². The van der Waals surface area contributed by atoms with Crippen LogP contribution in [-0.4, -0.2) is 108 Å². The highest BCUT2D eigenvalue weighted by molar-refractivity contribution is 6.23. The molecule has 12 nitrogen and oxygen atoms in total. The fraction of sp³-hybridized carbons (Fsp3) is 0.250. The molecule has 1 fully saturated rings. The first-order valence-electron chi connectivity index (χ1n) is 17.1. The maximum Gasteiger partial charge on any atom is 0.262 e. The number of fused-ring (bicyclic) bond motifs is 2. The lowest BCUT2D eigenvalue weighted by atomic mass is 10.0. The van der Waals surface area contributed by atoms with Gasteiger partial charge in [0.25, 0.3) is 35.4 Å². The van der Waals surface area contributed by atoms with Crippen LogP contribution in [0.15, 0.2) is 109 Å². The van der Waals surface area contributed by atoms with E-state index < -0.39 is 47.5 Å². The summed E-state index contributed by atoms with van der Waals surface area (Å²) in [6.45, 7) is 0.898. The van der Waals surface area contributed by atoms with Gasteiger partial charge in [0.2, 0.25) is 0 Å². The Hall–Kier alpha value is -5.98. The Labute approximate surface area is 300 Å². The molecule has 0 aliphatic carbocycles. The third kappa shape index (κ3) is 6.49. The van der Waals surface area contributed by atoms with Crippen molar-refractivity contribution < 1.29 is 38.2 Å². The molecule has 0 bridgehead atoms. The lowest BCUT2D eigenvalue weighted by Crippen LogP contribution is -2.49. The Morgan fingerprint density at radius 1 is 0.423 bits per heavy atom. The van der Waals surface area contributed by atoms with Crippen molar-refractivity contribution in [2.24, 2.45) is 0 Å². The van der Waals surface area contributed by atoms with E-state index in [-0.39, 0.29) is 74.9 Å². The van der Waals surface area contributed by atoms with Gasteiger partial charge in [-0.25, -0.2) is 0 Å². The van der Waals surface area contributed by atoms with Crippen LogP contribution < -0.4 is 0 Å². The summed E-state index contributed by atoms with van der Waals surface area (Å²) in [5.74, 6) is -3.05. The summed E-state index contributed by atoms with van der Waals surface area (Å²) in [5.41, 5.74) is 1.98. The van der Waals surface area contributed by atoms with Crippen LogP contribution >= 0.6 is 0 Å². The number of carbonyl (C=O) groups is 6. The zero-order chi connectivity index (χ0) is 36.2. The summed E-state index contributed by atoms with van der Waals surface area (Å²) in [6.07, 6.45) is 0. The van der Waals surface area contributed by atoms with Crippen molar-refractivity contribution >= 4 is 35.4 Å². The van der Waals surface area contributed by atoms with Crippen molar-refractivity contribution in [1.82, 2.24) is 19.6 Å². The van der Waals surface area contributed by atoms with Gasteiger partial charge in [0.15, 0.2) is 0 Å². The molecule has 0 spiro atoms. The zero-order valence-electron chi connectivity index (χ0n) is 28.3. The van der Waals surface area contributed by atoms with Crippen molar-refractivity contribution in [2.45, 2.75) is 12.1 Å². The van der Waals surface area contributed by atoms with E-state index in [9.17, 15) is 28.8 Å². The molecule has 264 valence electrons. The van der Waals surface area contributed by atoms with E-state index in [0.717, 1.165) is 9.80 Å². The highest BCUT2D eigenvalue weighted by Gasteiger charge is 2.46. The smallest absolute Gasteiger partial charge is 0.262 e. The topological polar surface area (TPSA) is 134 Å². The lowest BCUT2D eigenvalue weighted by Gasteiger charge is -2.33. The number of imide groups is 2. The molecule has 0 N–H and O–H groups in total. The molecule has 52 heavy (non-hydrogen) atoms. The van der Waals surface area contributed by atoms with E-state index >= 15 is 0 Å². The maximum atomic E-state index is 14.3. The number of carbonyl (C=O) groups excluding carboxylic acids is 6. The third-order valence-electron chi connectivity index (χ3n) is 9.51. The summed E-state index contributed by atoms with van der Waals surface area (Å²) in [6, 6.07) is 28.1. The van der Waals surface area contributed by atoms with E-state index in [4.69, 9.17) is 9.47 Å². The first kappa shape index (κ1) is 34.5. The normalized spacial score (nSPS) is 18.0. The third-order valence-corrected chi connectivity index (χ3v) is 9.51. The average molecular weight is 701 g/mol. The van der Waals surface area contributed by atoms with Gasteiger partial charge < -0.3 is 19.3 Å². The first-order valence-corrected chi connectivity index (χ1v) is 17.1. The Bertz CT molecular complexity index is 1790. The molecule has 7 rings (SSSR count). The van der Waals surface area contributed by atoms with Crippen LogP contribution in [0.3, 0.4) is 0 Å². The molecule has 3 aliphatic rings. The highest BCUT2D eigenvalue weighted by atomic mass is 16.5. The molecule has 1 saturated heterocycles. The summed E-state index contributed by atoms with van der Waals surface area (Å²) in [4.78, 5) is 87.9. The van der Waals surface area contributed by atoms with Crippen LogP contribution in [0.5, 0.6) is 0 Å². The Balaban J connectivity index is 1.07. The number of hydrogen-bond donors (Lipinski definition) is 0. The van der Waals surface area contributed by atoms with Crippen LogP contribution in [-0.2, 0) is 19.1 Å². The molecule has 3 aliphatic heterocycles. The van der Waals surface area contributed by atoms with Crippen molar-refractivity contribution in [3.63, 3.8) is 0 Å². The predicted octanol–water partition coefficient (Wildman–Crippen LogP) is 3.77. The molecule has 12 heteroatoms. The molecule has 0 unspecified atom stereocenters. The van der Waals surface area contributed by atoms with E-state index in [1.54, 1.807) is 109 Å². The standard InChI is InChI=1S/C40H36N4O8/c45-35-29-15-7-8-16-30(29)36(46)43(35)33(27-11-3-1-4-12-27)39(49)41-19-23-51-25-21-42(22-26-52-24-20-41)40(50)34(28-13-5-2-6-14-28)44-37(47)31-17-9-10-18-32(31)38(44)48/h1-18,33-34H,19-26H2/t33-,34+. The molecule has 6 amide bonds. The van der Waals surface area contributed by atoms with Crippen molar-refractivity contribution in [1.29, 1.82) is 0 Å². The predicted molar refractivity (Wildman–Crippen MR) is 187 cm³/mol. The molecule has 0 radical (unpaired) electrons. The minimum absolute atomic E-state index is 0.0952. The zero-order valence-corrected chi connectivity index (χ0v) is 28.3. The number of nitrogens with zero attached hydrogens (tertiary/aromatic N) is 4. The van der Waals surface area contributed by atoms with E-state index in [2.05, 4.69) is 0 Å². The lowest BCUT2D eigenvalue weighted by molar-refractivity contribution is -0.139. The minimum Gasteiger partial charge on any atom is -0.378 e. The Kier molecular flexibility index (Phi) is 10.0. The fourth-order valence-electron chi connectivity index (χ4n) is 6.87. The quantitative estimate of drug-likeness (QED) is 0.278. The number of benzene rings is 4. The van der Waals surface area contributed by atoms with Gasteiger partial charge in [-0.2, -0.15) is 0 Å². The van der Waals surface area contributed by atoms with Gasteiger partial charge in [-0.1, -0.05) is 84.9 Å². The summed E-state index contributed by atoms with van der Waals surface area (Å²) in [7, 11) is 0. The number of hydrogen-bond acceptors (Lipinski definition) is 8. The van der Waals surface area contributed by atoms with Crippen LogP contribution in [0.25, 0.3) is 0 Å². The number of rotatable bonds is 6. The van der Waals surface area contributed by atoms with Gasteiger partial charge in [-0.05, 0) is 35.4 Å². The van der Waals surface area contributed by atoms with Crippen LogP contribution in [0, 0.1) is 0 Å². The summed E-state index contributed by atoms with van der Waals surface area (Å²) >= 11 is 0. The SMILES string of the molecule is O=C([C@H](c1ccccc1)N1C(=O)c2ccccc2C1=O)N1CCOCCN(C(=O)[C@@H](c2ccccc2)N2C(=O)c3ccccc3C2=O)CCOCC1. The first-order chi connectivity index (χ1) is 25.4. The average Bonchev–Trinajstić information content (AvgIpc) is 3.57. The van der Waals surface area contributed by atoms with Crippen molar-refractivity contribution in [2.75, 3.05) is 52.6 Å².